The molecule has 0 atom stereocenters. The van der Waals surface area contributed by atoms with Gasteiger partial charge in [-0.3, -0.25) is 4.79 Å². The smallest absolute Gasteiger partial charge is 0.251 e. The zero-order valence-electron chi connectivity index (χ0n) is 5.34. The Hall–Kier alpha value is -0.170. The number of pyridine rings is 1. The van der Waals surface area contributed by atoms with Crippen molar-refractivity contribution >= 4 is 44.4 Å². The van der Waals surface area contributed by atoms with Gasteiger partial charge in [-0.15, -0.1) is 0 Å². The average molecular weight is 327 g/mol. The van der Waals surface area contributed by atoms with Crippen molar-refractivity contribution < 1.29 is 4.79 Å². The van der Waals surface area contributed by atoms with Crippen molar-refractivity contribution in [3.8, 4) is 0 Å². The number of hydrogen-bond acceptors (Lipinski definition) is 2. The highest BCUT2D eigenvalue weighted by Crippen LogP contribution is 2.15. The fourth-order valence-corrected chi connectivity index (χ4v) is 1.46. The van der Waals surface area contributed by atoms with Crippen molar-refractivity contribution in [1.82, 2.24) is 4.98 Å². The Balaban J connectivity index is 3.23. The molecule has 0 unspecified atom stereocenters. The van der Waals surface area contributed by atoms with Crippen molar-refractivity contribution in [3.05, 3.63) is 26.0 Å². The van der Waals surface area contributed by atoms with Crippen LogP contribution in [0, 0.1) is 3.57 Å². The zero-order chi connectivity index (χ0) is 8.43. The molecule has 5 heteroatoms. The quantitative estimate of drug-likeness (QED) is 0.629. The molecule has 1 amide bonds. The van der Waals surface area contributed by atoms with E-state index in [1.165, 1.54) is 0 Å². The number of nitrogens with zero attached hydrogens (tertiary/aromatic N) is 1. The van der Waals surface area contributed by atoms with Crippen LogP contribution in [0.3, 0.4) is 0 Å². The molecule has 1 rings (SSSR count). The molecule has 1 heterocycles. The second-order valence-corrected chi connectivity index (χ2v) is 3.85. The van der Waals surface area contributed by atoms with Crippen LogP contribution in [0.4, 0.5) is 0 Å². The number of aromatic nitrogens is 1. The minimum atomic E-state index is -0.470. The summed E-state index contributed by atoms with van der Waals surface area (Å²) >= 11 is 5.18. The van der Waals surface area contributed by atoms with Gasteiger partial charge in [-0.1, -0.05) is 0 Å². The Labute approximate surface area is 85.6 Å². The predicted octanol–water partition coefficient (Wildman–Crippen LogP) is 1.55. The van der Waals surface area contributed by atoms with Gasteiger partial charge in [0.15, 0.2) is 0 Å². The summed E-state index contributed by atoms with van der Waals surface area (Å²) in [5, 5.41) is 0. The Bertz CT molecular complexity index is 303. The average Bonchev–Trinajstić information content (AvgIpc) is 1.94. The molecule has 0 bridgehead atoms. The van der Waals surface area contributed by atoms with Crippen LogP contribution in [-0.4, -0.2) is 10.9 Å². The predicted molar refractivity (Wildman–Crippen MR) is 53.2 cm³/mol. The first-order chi connectivity index (χ1) is 5.11. The molecule has 58 valence electrons. The number of amides is 1. The maximum absolute atomic E-state index is 10.7. The summed E-state index contributed by atoms with van der Waals surface area (Å²) in [4.78, 5) is 14.6. The van der Waals surface area contributed by atoms with E-state index in [-0.39, 0.29) is 0 Å². The monoisotopic (exact) mass is 326 g/mol. The van der Waals surface area contributed by atoms with E-state index in [1.54, 1.807) is 12.3 Å². The minimum absolute atomic E-state index is 0.414. The Morgan fingerprint density at radius 3 is 2.82 bits per heavy atom. The first-order valence-electron chi connectivity index (χ1n) is 2.72. The van der Waals surface area contributed by atoms with Gasteiger partial charge in [0.25, 0.3) is 5.91 Å². The lowest BCUT2D eigenvalue weighted by atomic mass is 10.3. The van der Waals surface area contributed by atoms with Gasteiger partial charge in [0.2, 0.25) is 0 Å². The maximum atomic E-state index is 10.7. The number of primary amides is 1. The van der Waals surface area contributed by atoms with Crippen LogP contribution in [0.25, 0.3) is 0 Å². The van der Waals surface area contributed by atoms with E-state index in [0.29, 0.717) is 10.2 Å². The molecule has 0 aliphatic rings. The zero-order valence-corrected chi connectivity index (χ0v) is 9.09. The molecular weight excluding hydrogens is 323 g/mol. The molecule has 0 aliphatic heterocycles. The van der Waals surface area contributed by atoms with Crippen LogP contribution >= 0.6 is 38.5 Å². The highest BCUT2D eigenvalue weighted by Gasteiger charge is 2.06. The third kappa shape index (κ3) is 2.13. The topological polar surface area (TPSA) is 56.0 Å². The summed E-state index contributed by atoms with van der Waals surface area (Å²) in [6.45, 7) is 0. The van der Waals surface area contributed by atoms with Crippen LogP contribution < -0.4 is 5.73 Å². The molecule has 0 fully saturated rings. The van der Waals surface area contributed by atoms with Crippen LogP contribution in [0.1, 0.15) is 10.4 Å². The molecule has 11 heavy (non-hydrogen) atoms. The number of hydrogen-bond donors (Lipinski definition) is 1. The lowest BCUT2D eigenvalue weighted by Crippen LogP contribution is -2.12. The first-order valence-corrected chi connectivity index (χ1v) is 4.59. The normalized spacial score (nSPS) is 9.64. The number of nitrogens with two attached hydrogens (primary N) is 1. The standard InChI is InChI=1S/C6H4BrIN2O/c7-5-4(6(9)11)1-3(8)2-10-5/h1-2H,(H2,9,11). The summed E-state index contributed by atoms with van der Waals surface area (Å²) in [5.41, 5.74) is 5.48. The van der Waals surface area contributed by atoms with E-state index in [2.05, 4.69) is 43.5 Å². The molecule has 0 aliphatic carbocycles. The van der Waals surface area contributed by atoms with Gasteiger partial charge in [0.05, 0.1) is 5.56 Å². The lowest BCUT2D eigenvalue weighted by Gasteiger charge is -1.97. The minimum Gasteiger partial charge on any atom is -0.366 e. The summed E-state index contributed by atoms with van der Waals surface area (Å²) < 4.78 is 1.38. The lowest BCUT2D eigenvalue weighted by molar-refractivity contribution is 0.0999. The Morgan fingerprint density at radius 2 is 2.36 bits per heavy atom. The molecule has 1 aromatic heterocycles. The van der Waals surface area contributed by atoms with E-state index in [9.17, 15) is 4.79 Å². The van der Waals surface area contributed by atoms with E-state index < -0.39 is 5.91 Å². The van der Waals surface area contributed by atoms with Gasteiger partial charge in [-0.25, -0.2) is 4.98 Å². The SMILES string of the molecule is NC(=O)c1cc(I)cnc1Br. The third-order valence-corrected chi connectivity index (χ3v) is 2.29. The number of halogens is 2. The summed E-state index contributed by atoms with van der Waals surface area (Å²) in [6.07, 6.45) is 1.65. The Morgan fingerprint density at radius 1 is 1.73 bits per heavy atom. The molecule has 0 saturated heterocycles. The highest BCUT2D eigenvalue weighted by molar-refractivity contribution is 14.1. The fraction of sp³-hybridized carbons (Fsp3) is 0. The third-order valence-electron chi connectivity index (χ3n) is 1.07. The summed E-state index contributed by atoms with van der Waals surface area (Å²) in [7, 11) is 0. The number of carbonyl (C=O) groups is 1. The van der Waals surface area contributed by atoms with Crippen LogP contribution in [0.5, 0.6) is 0 Å². The largest absolute Gasteiger partial charge is 0.366 e. The fourth-order valence-electron chi connectivity index (χ4n) is 0.595. The summed E-state index contributed by atoms with van der Waals surface area (Å²) in [5.74, 6) is -0.470. The molecule has 3 nitrogen and oxygen atoms in total. The Kier molecular flexibility index (Phi) is 2.83. The van der Waals surface area contributed by atoms with E-state index in [1.807, 2.05) is 0 Å². The molecule has 1 aromatic rings. The highest BCUT2D eigenvalue weighted by atomic mass is 127. The van der Waals surface area contributed by atoms with Crippen molar-refractivity contribution in [2.45, 2.75) is 0 Å². The van der Waals surface area contributed by atoms with Crippen LogP contribution in [-0.2, 0) is 0 Å². The second kappa shape index (κ2) is 3.48. The van der Waals surface area contributed by atoms with Gasteiger partial charge in [0, 0.05) is 9.77 Å². The van der Waals surface area contributed by atoms with Crippen molar-refractivity contribution in [3.63, 3.8) is 0 Å². The van der Waals surface area contributed by atoms with Gasteiger partial charge >= 0.3 is 0 Å². The molecule has 0 spiro atoms. The van der Waals surface area contributed by atoms with Crippen molar-refractivity contribution in [2.24, 2.45) is 5.73 Å². The van der Waals surface area contributed by atoms with E-state index >= 15 is 0 Å². The maximum Gasteiger partial charge on any atom is 0.251 e. The van der Waals surface area contributed by atoms with Gasteiger partial charge in [-0.05, 0) is 44.6 Å². The van der Waals surface area contributed by atoms with Gasteiger partial charge < -0.3 is 5.73 Å². The van der Waals surface area contributed by atoms with Crippen molar-refractivity contribution in [1.29, 1.82) is 0 Å². The number of carbonyl (C=O) groups excluding carboxylic acids is 1. The molecular formula is C6H4BrIN2O. The molecule has 0 aromatic carbocycles. The molecule has 0 saturated carbocycles. The van der Waals surface area contributed by atoms with Gasteiger partial charge in [0.1, 0.15) is 4.60 Å². The summed E-state index contributed by atoms with van der Waals surface area (Å²) in [6, 6.07) is 1.68. The van der Waals surface area contributed by atoms with Crippen LogP contribution in [0.15, 0.2) is 16.9 Å². The molecule has 0 radical (unpaired) electrons. The van der Waals surface area contributed by atoms with Crippen molar-refractivity contribution in [2.75, 3.05) is 0 Å². The number of rotatable bonds is 1. The van der Waals surface area contributed by atoms with E-state index in [0.717, 1.165) is 3.57 Å². The van der Waals surface area contributed by atoms with Crippen LogP contribution in [0.2, 0.25) is 0 Å². The van der Waals surface area contributed by atoms with E-state index in [4.69, 9.17) is 5.73 Å². The first kappa shape index (κ1) is 8.92. The second-order valence-electron chi connectivity index (χ2n) is 1.86. The van der Waals surface area contributed by atoms with Gasteiger partial charge in [-0.2, -0.15) is 0 Å². The molecule has 2 N–H and O–H groups in total.